The fourth-order valence-corrected chi connectivity index (χ4v) is 0.867. The molecule has 0 aliphatic heterocycles. The first-order chi connectivity index (χ1) is 7.70. The standard InChI is InChI=1S/C12H22N2O3/c1-12(2,3)17-11(16)13-9-10(15)7-6-8-14(4)5/h10,15H,8-9H2,1-5H3,(H,13,16). The van der Waals surface area contributed by atoms with Gasteiger partial charge in [-0.25, -0.2) is 4.79 Å². The van der Waals surface area contributed by atoms with E-state index in [-0.39, 0.29) is 6.54 Å². The molecule has 0 saturated heterocycles. The van der Waals surface area contributed by atoms with Gasteiger partial charge < -0.3 is 15.2 Å². The largest absolute Gasteiger partial charge is 0.444 e. The van der Waals surface area contributed by atoms with Crippen LogP contribution in [0.1, 0.15) is 20.8 Å². The Morgan fingerprint density at radius 3 is 2.53 bits per heavy atom. The first kappa shape index (κ1) is 15.8. The summed E-state index contributed by atoms with van der Waals surface area (Å²) >= 11 is 0. The van der Waals surface area contributed by atoms with Crippen molar-refractivity contribution >= 4 is 6.09 Å². The van der Waals surface area contributed by atoms with E-state index in [1.165, 1.54) is 0 Å². The van der Waals surface area contributed by atoms with Crippen LogP contribution in [0.5, 0.6) is 0 Å². The number of hydrogen-bond donors (Lipinski definition) is 2. The molecule has 0 rings (SSSR count). The third kappa shape index (κ3) is 11.0. The number of alkyl carbamates (subject to hydrolysis) is 1. The number of aliphatic hydroxyl groups excluding tert-OH is 1. The number of carbonyl (C=O) groups excluding carboxylic acids is 1. The van der Waals surface area contributed by atoms with Crippen molar-refractivity contribution in [3.05, 3.63) is 0 Å². The third-order valence-electron chi connectivity index (χ3n) is 1.50. The van der Waals surface area contributed by atoms with Crippen LogP contribution in [0.15, 0.2) is 0 Å². The second kappa shape index (κ2) is 7.15. The minimum absolute atomic E-state index is 0.0648. The predicted molar refractivity (Wildman–Crippen MR) is 66.6 cm³/mol. The lowest BCUT2D eigenvalue weighted by molar-refractivity contribution is 0.0507. The molecule has 0 aliphatic rings. The summed E-state index contributed by atoms with van der Waals surface area (Å²) in [4.78, 5) is 13.1. The molecular weight excluding hydrogens is 220 g/mol. The number of hydrogen-bond acceptors (Lipinski definition) is 4. The fraction of sp³-hybridized carbons (Fsp3) is 0.750. The minimum Gasteiger partial charge on any atom is -0.444 e. The Morgan fingerprint density at radius 1 is 1.47 bits per heavy atom. The molecule has 0 saturated carbocycles. The minimum atomic E-state index is -0.873. The van der Waals surface area contributed by atoms with E-state index in [4.69, 9.17) is 4.74 Å². The maximum absolute atomic E-state index is 11.2. The summed E-state index contributed by atoms with van der Waals surface area (Å²) in [5.74, 6) is 5.42. The lowest BCUT2D eigenvalue weighted by Gasteiger charge is -2.19. The molecule has 17 heavy (non-hydrogen) atoms. The van der Waals surface area contributed by atoms with Crippen LogP contribution in [0.25, 0.3) is 0 Å². The van der Waals surface area contributed by atoms with Crippen molar-refractivity contribution < 1.29 is 14.6 Å². The zero-order chi connectivity index (χ0) is 13.5. The van der Waals surface area contributed by atoms with E-state index in [0.717, 1.165) is 0 Å². The topological polar surface area (TPSA) is 61.8 Å². The summed E-state index contributed by atoms with van der Waals surface area (Å²) in [5, 5.41) is 11.9. The molecule has 1 amide bonds. The monoisotopic (exact) mass is 242 g/mol. The first-order valence-corrected chi connectivity index (χ1v) is 5.49. The van der Waals surface area contributed by atoms with E-state index in [9.17, 15) is 9.90 Å². The predicted octanol–water partition coefficient (Wildman–Crippen LogP) is 0.437. The van der Waals surface area contributed by atoms with Gasteiger partial charge in [-0.2, -0.15) is 0 Å². The van der Waals surface area contributed by atoms with Crippen molar-refractivity contribution in [1.82, 2.24) is 10.2 Å². The summed E-state index contributed by atoms with van der Waals surface area (Å²) in [6.07, 6.45) is -1.42. The van der Waals surface area contributed by atoms with E-state index < -0.39 is 17.8 Å². The normalized spacial score (nSPS) is 12.6. The highest BCUT2D eigenvalue weighted by Crippen LogP contribution is 2.06. The maximum atomic E-state index is 11.2. The molecule has 5 heteroatoms. The molecule has 0 radical (unpaired) electrons. The number of ether oxygens (including phenoxy) is 1. The average Bonchev–Trinajstić information content (AvgIpc) is 2.11. The molecule has 2 N–H and O–H groups in total. The van der Waals surface area contributed by atoms with E-state index in [2.05, 4.69) is 17.2 Å². The fourth-order valence-electron chi connectivity index (χ4n) is 0.867. The Hall–Kier alpha value is -1.25. The molecular formula is C12H22N2O3. The molecule has 0 bridgehead atoms. The Morgan fingerprint density at radius 2 is 2.06 bits per heavy atom. The maximum Gasteiger partial charge on any atom is 0.407 e. The van der Waals surface area contributed by atoms with Gasteiger partial charge in [0.1, 0.15) is 11.7 Å². The van der Waals surface area contributed by atoms with Crippen LogP contribution in [-0.2, 0) is 4.74 Å². The Balaban J connectivity index is 3.87. The average molecular weight is 242 g/mol. The van der Waals surface area contributed by atoms with Crippen molar-refractivity contribution in [1.29, 1.82) is 0 Å². The van der Waals surface area contributed by atoms with Crippen molar-refractivity contribution in [3.63, 3.8) is 0 Å². The Labute approximate surface area is 103 Å². The van der Waals surface area contributed by atoms with Crippen LogP contribution in [0, 0.1) is 11.8 Å². The second-order valence-corrected chi connectivity index (χ2v) is 4.96. The van der Waals surface area contributed by atoms with E-state index in [1.807, 2.05) is 19.0 Å². The molecule has 0 aromatic rings. The van der Waals surface area contributed by atoms with Crippen LogP contribution >= 0.6 is 0 Å². The van der Waals surface area contributed by atoms with Crippen LogP contribution in [0.4, 0.5) is 4.79 Å². The van der Waals surface area contributed by atoms with Gasteiger partial charge >= 0.3 is 6.09 Å². The number of nitrogens with zero attached hydrogens (tertiary/aromatic N) is 1. The van der Waals surface area contributed by atoms with Crippen LogP contribution < -0.4 is 5.32 Å². The second-order valence-electron chi connectivity index (χ2n) is 4.96. The van der Waals surface area contributed by atoms with Gasteiger partial charge in [-0.15, -0.1) is 0 Å². The Kier molecular flexibility index (Phi) is 6.62. The summed E-state index contributed by atoms with van der Waals surface area (Å²) < 4.78 is 5.01. The smallest absolute Gasteiger partial charge is 0.407 e. The van der Waals surface area contributed by atoms with Gasteiger partial charge in [-0.05, 0) is 34.9 Å². The molecule has 1 atom stereocenters. The highest BCUT2D eigenvalue weighted by Gasteiger charge is 2.16. The Bertz CT molecular complexity index is 297. The van der Waals surface area contributed by atoms with Gasteiger partial charge in [0.15, 0.2) is 0 Å². The number of carbonyl (C=O) groups is 1. The molecule has 0 aliphatic carbocycles. The number of nitrogens with one attached hydrogen (secondary N) is 1. The van der Waals surface area contributed by atoms with Crippen molar-refractivity contribution in [2.24, 2.45) is 0 Å². The molecule has 0 aromatic heterocycles. The van der Waals surface area contributed by atoms with E-state index in [1.54, 1.807) is 20.8 Å². The highest BCUT2D eigenvalue weighted by molar-refractivity contribution is 5.67. The number of amides is 1. The lowest BCUT2D eigenvalue weighted by atomic mass is 10.2. The molecule has 5 nitrogen and oxygen atoms in total. The molecule has 98 valence electrons. The van der Waals surface area contributed by atoms with Gasteiger partial charge in [0.25, 0.3) is 0 Å². The number of aliphatic hydroxyl groups is 1. The third-order valence-corrected chi connectivity index (χ3v) is 1.50. The lowest BCUT2D eigenvalue weighted by Crippen LogP contribution is -2.36. The van der Waals surface area contributed by atoms with E-state index >= 15 is 0 Å². The summed E-state index contributed by atoms with van der Waals surface area (Å²) in [7, 11) is 3.78. The van der Waals surface area contributed by atoms with Crippen molar-refractivity contribution in [3.8, 4) is 11.8 Å². The molecule has 0 heterocycles. The summed E-state index contributed by atoms with van der Waals surface area (Å²) in [6, 6.07) is 0. The summed E-state index contributed by atoms with van der Waals surface area (Å²) in [6.45, 7) is 5.97. The van der Waals surface area contributed by atoms with E-state index in [0.29, 0.717) is 6.54 Å². The van der Waals surface area contributed by atoms with Gasteiger partial charge in [-0.1, -0.05) is 11.8 Å². The zero-order valence-electron chi connectivity index (χ0n) is 11.2. The van der Waals surface area contributed by atoms with Crippen LogP contribution in [0.3, 0.4) is 0 Å². The van der Waals surface area contributed by atoms with Crippen molar-refractivity contribution in [2.75, 3.05) is 27.2 Å². The van der Waals surface area contributed by atoms with Crippen LogP contribution in [0.2, 0.25) is 0 Å². The molecule has 1 unspecified atom stereocenters. The quantitative estimate of drug-likeness (QED) is 0.705. The van der Waals surface area contributed by atoms with Gasteiger partial charge in [0.05, 0.1) is 13.1 Å². The molecule has 0 spiro atoms. The number of rotatable bonds is 3. The summed E-state index contributed by atoms with van der Waals surface area (Å²) in [5.41, 5.74) is -0.536. The van der Waals surface area contributed by atoms with Crippen LogP contribution in [-0.4, -0.2) is 55.0 Å². The highest BCUT2D eigenvalue weighted by atomic mass is 16.6. The first-order valence-electron chi connectivity index (χ1n) is 5.49. The van der Waals surface area contributed by atoms with Gasteiger partial charge in [0, 0.05) is 0 Å². The molecule has 0 fully saturated rings. The van der Waals surface area contributed by atoms with Gasteiger partial charge in [0.2, 0.25) is 0 Å². The molecule has 0 aromatic carbocycles. The van der Waals surface area contributed by atoms with Crippen molar-refractivity contribution in [2.45, 2.75) is 32.5 Å². The SMILES string of the molecule is CN(C)CC#CC(O)CNC(=O)OC(C)(C)C. The van der Waals surface area contributed by atoms with Gasteiger partial charge in [-0.3, -0.25) is 4.90 Å². The zero-order valence-corrected chi connectivity index (χ0v) is 11.2.